The van der Waals surface area contributed by atoms with E-state index in [-0.39, 0.29) is 40.1 Å². The Labute approximate surface area is 235 Å². The number of carbonyl (C=O) groups is 2. The van der Waals surface area contributed by atoms with Crippen LogP contribution in [0.15, 0.2) is 46.0 Å². The van der Waals surface area contributed by atoms with Gasteiger partial charge in [-0.25, -0.2) is 4.79 Å². The monoisotopic (exact) mass is 570 g/mol. The van der Waals surface area contributed by atoms with Crippen molar-refractivity contribution in [2.24, 2.45) is 11.8 Å². The number of halogens is 2. The van der Waals surface area contributed by atoms with Crippen LogP contribution in [-0.4, -0.2) is 40.1 Å². The lowest BCUT2D eigenvalue weighted by Gasteiger charge is -2.20. The highest BCUT2D eigenvalue weighted by Gasteiger charge is 2.34. The van der Waals surface area contributed by atoms with Crippen molar-refractivity contribution in [1.82, 2.24) is 19.8 Å². The molecule has 39 heavy (non-hydrogen) atoms. The Kier molecular flexibility index (Phi) is 8.45. The Hall–Kier alpha value is -3.65. The van der Waals surface area contributed by atoms with E-state index in [1.165, 1.54) is 22.8 Å². The molecular formula is C27H28Cl2N6O4. The number of benzene rings is 2. The van der Waals surface area contributed by atoms with E-state index >= 15 is 0 Å². The maximum atomic E-state index is 13.2. The quantitative estimate of drug-likeness (QED) is 0.399. The minimum Gasteiger partial charge on any atom is -0.347 e. The van der Waals surface area contributed by atoms with Gasteiger partial charge in [0.2, 0.25) is 5.91 Å². The molecule has 204 valence electrons. The van der Waals surface area contributed by atoms with E-state index in [0.717, 1.165) is 12.8 Å². The number of nitrogens with zero attached hydrogens (tertiary/aromatic N) is 3. The second kappa shape index (κ2) is 11.6. The predicted octanol–water partition coefficient (Wildman–Crippen LogP) is 2.50. The Balaban J connectivity index is 0.00000353. The molecule has 2 fully saturated rings. The lowest BCUT2D eigenvalue weighted by molar-refractivity contribution is -0.119. The number of amides is 2. The van der Waals surface area contributed by atoms with Crippen LogP contribution in [0.3, 0.4) is 0 Å². The van der Waals surface area contributed by atoms with Gasteiger partial charge in [0.05, 0.1) is 33.4 Å². The number of rotatable bonds is 7. The highest BCUT2D eigenvalue weighted by atomic mass is 35.5. The maximum absolute atomic E-state index is 13.2. The first-order valence-electron chi connectivity index (χ1n) is 12.6. The van der Waals surface area contributed by atoms with Crippen LogP contribution in [0.1, 0.15) is 35.7 Å². The summed E-state index contributed by atoms with van der Waals surface area (Å²) < 4.78 is 2.88. The summed E-state index contributed by atoms with van der Waals surface area (Å²) in [7, 11) is 0. The molecule has 2 heterocycles. The Morgan fingerprint density at radius 1 is 1.13 bits per heavy atom. The molecule has 0 spiro atoms. The number of aryl methyl sites for hydroxylation is 1. The number of hydrogen-bond donors (Lipinski definition) is 3. The Bertz CT molecular complexity index is 1600. The fourth-order valence-corrected chi connectivity index (χ4v) is 5.09. The third-order valence-electron chi connectivity index (χ3n) is 7.17. The molecule has 0 radical (unpaired) electrons. The van der Waals surface area contributed by atoms with Gasteiger partial charge < -0.3 is 16.0 Å². The second-order valence-electron chi connectivity index (χ2n) is 9.76. The molecule has 1 aliphatic carbocycles. The van der Waals surface area contributed by atoms with Gasteiger partial charge in [-0.05, 0) is 62.1 Å². The molecule has 12 heteroatoms. The number of hydrogen-bond acceptors (Lipinski definition) is 6. The second-order valence-corrected chi connectivity index (χ2v) is 10.2. The Morgan fingerprint density at radius 2 is 1.90 bits per heavy atom. The zero-order valence-corrected chi connectivity index (χ0v) is 22.8. The normalized spacial score (nSPS) is 18.3. The van der Waals surface area contributed by atoms with Gasteiger partial charge in [0.15, 0.2) is 0 Å². The van der Waals surface area contributed by atoms with E-state index in [2.05, 4.69) is 16.0 Å². The minimum atomic E-state index is -0.556. The van der Waals surface area contributed by atoms with Gasteiger partial charge in [-0.2, -0.15) is 5.26 Å². The molecule has 3 N–H and O–H groups in total. The molecule has 2 aromatic carbocycles. The third kappa shape index (κ3) is 5.71. The summed E-state index contributed by atoms with van der Waals surface area (Å²) in [5.74, 6) is -0.907. The number of anilines is 1. The first-order valence-corrected chi connectivity index (χ1v) is 13.0. The van der Waals surface area contributed by atoms with Crippen LogP contribution in [0.4, 0.5) is 5.69 Å². The van der Waals surface area contributed by atoms with E-state index in [9.17, 15) is 19.2 Å². The van der Waals surface area contributed by atoms with Crippen molar-refractivity contribution in [3.63, 3.8) is 0 Å². The summed E-state index contributed by atoms with van der Waals surface area (Å²) in [4.78, 5) is 52.1. The number of carbonyl (C=O) groups excluding carboxylic acids is 2. The van der Waals surface area contributed by atoms with Crippen molar-refractivity contribution in [2.45, 2.75) is 38.9 Å². The number of aromatic nitrogens is 2. The van der Waals surface area contributed by atoms with Crippen LogP contribution in [0.25, 0.3) is 10.9 Å². The van der Waals surface area contributed by atoms with Gasteiger partial charge in [0.25, 0.3) is 11.5 Å². The van der Waals surface area contributed by atoms with Crippen molar-refractivity contribution >= 4 is 52.4 Å². The molecule has 2 atom stereocenters. The van der Waals surface area contributed by atoms with Crippen molar-refractivity contribution in [2.75, 3.05) is 18.4 Å². The van der Waals surface area contributed by atoms with Crippen LogP contribution in [0, 0.1) is 23.2 Å². The van der Waals surface area contributed by atoms with Crippen LogP contribution < -0.4 is 27.2 Å². The topological polar surface area (TPSA) is 138 Å². The van der Waals surface area contributed by atoms with Crippen molar-refractivity contribution in [3.8, 4) is 6.07 Å². The van der Waals surface area contributed by atoms with E-state index in [1.807, 2.05) is 13.0 Å². The van der Waals surface area contributed by atoms with Crippen molar-refractivity contribution < 1.29 is 9.59 Å². The molecular weight excluding hydrogens is 543 g/mol. The molecule has 2 amide bonds. The summed E-state index contributed by atoms with van der Waals surface area (Å²) in [6, 6.07) is 10.9. The molecule has 1 saturated carbocycles. The number of fused-ring (bicyclic) bond motifs is 1. The highest BCUT2D eigenvalue weighted by molar-refractivity contribution is 6.32. The number of nitrogens with one attached hydrogen (secondary N) is 3. The fraction of sp³-hybridized carbons (Fsp3) is 0.370. The van der Waals surface area contributed by atoms with Crippen LogP contribution in [0.5, 0.6) is 0 Å². The zero-order chi connectivity index (χ0) is 27.0. The van der Waals surface area contributed by atoms with E-state index in [1.54, 1.807) is 22.8 Å². The van der Waals surface area contributed by atoms with Crippen LogP contribution in [-0.2, 0) is 17.9 Å². The molecule has 0 unspecified atom stereocenters. The van der Waals surface area contributed by atoms with E-state index in [4.69, 9.17) is 16.9 Å². The van der Waals surface area contributed by atoms with Gasteiger partial charge in [-0.3, -0.25) is 23.5 Å². The lowest BCUT2D eigenvalue weighted by atomic mass is 10.0. The summed E-state index contributed by atoms with van der Waals surface area (Å²) in [5.41, 5.74) is 0.864. The van der Waals surface area contributed by atoms with Crippen molar-refractivity contribution in [1.29, 1.82) is 5.26 Å². The first kappa shape index (κ1) is 28.4. The highest BCUT2D eigenvalue weighted by Crippen LogP contribution is 2.30. The average molecular weight is 571 g/mol. The largest absolute Gasteiger partial charge is 0.347 e. The molecule has 3 aromatic rings. The van der Waals surface area contributed by atoms with Gasteiger partial charge in [-0.1, -0.05) is 11.6 Å². The molecule has 0 bridgehead atoms. The van der Waals surface area contributed by atoms with Crippen molar-refractivity contribution in [3.05, 3.63) is 73.4 Å². The minimum absolute atomic E-state index is 0. The molecule has 1 aliphatic heterocycles. The lowest BCUT2D eigenvalue weighted by Crippen LogP contribution is -2.44. The first-order chi connectivity index (χ1) is 18.3. The summed E-state index contributed by atoms with van der Waals surface area (Å²) in [5, 5.41) is 18.5. The average Bonchev–Trinajstić information content (AvgIpc) is 3.62. The SMILES string of the molecule is CCn1c(=O)n(CC2CC2)c(=O)c2cc(NC(=O)[C@H]3CNC[C@@H]3NC(=O)c3ccc(C#N)c(Cl)c3)ccc21.Cl. The van der Waals surface area contributed by atoms with Gasteiger partial charge in [0, 0.05) is 37.4 Å². The van der Waals surface area contributed by atoms with Gasteiger partial charge >= 0.3 is 5.69 Å². The van der Waals surface area contributed by atoms with E-state index < -0.39 is 17.9 Å². The third-order valence-corrected chi connectivity index (χ3v) is 7.48. The van der Waals surface area contributed by atoms with Crippen LogP contribution >= 0.6 is 24.0 Å². The maximum Gasteiger partial charge on any atom is 0.331 e. The number of nitriles is 1. The molecule has 5 rings (SSSR count). The molecule has 10 nitrogen and oxygen atoms in total. The standard InChI is InChI=1S/C27H27ClN6O4.ClH/c1-2-33-23-8-7-18(10-19(23)26(37)34(27(33)38)14-15-3-4-15)31-25(36)20-12-30-13-22(20)32-24(35)16-5-6-17(11-29)21(28)9-16;/h5-10,15,20,22,30H,2-4,12-14H2,1H3,(H,31,36)(H,32,35);1H/t20-,22-;/m0./s1. The van der Waals surface area contributed by atoms with E-state index in [0.29, 0.717) is 54.3 Å². The predicted molar refractivity (Wildman–Crippen MR) is 151 cm³/mol. The molecule has 1 saturated heterocycles. The summed E-state index contributed by atoms with van der Waals surface area (Å²) in [6.45, 7) is 3.45. The van der Waals surface area contributed by atoms with Crippen LogP contribution in [0.2, 0.25) is 5.02 Å². The van der Waals surface area contributed by atoms with Gasteiger partial charge in [-0.15, -0.1) is 12.4 Å². The fourth-order valence-electron chi connectivity index (χ4n) is 4.87. The zero-order valence-electron chi connectivity index (χ0n) is 21.2. The molecule has 2 aliphatic rings. The molecule has 1 aromatic heterocycles. The summed E-state index contributed by atoms with van der Waals surface area (Å²) >= 11 is 6.06. The summed E-state index contributed by atoms with van der Waals surface area (Å²) in [6.07, 6.45) is 2.02. The van der Waals surface area contributed by atoms with Gasteiger partial charge in [0.1, 0.15) is 6.07 Å². The Morgan fingerprint density at radius 3 is 2.56 bits per heavy atom. The smallest absolute Gasteiger partial charge is 0.331 e.